The van der Waals surface area contributed by atoms with Crippen LogP contribution in [0.15, 0.2) is 24.8 Å². The van der Waals surface area contributed by atoms with Gasteiger partial charge < -0.3 is 14.8 Å². The van der Waals surface area contributed by atoms with E-state index in [2.05, 4.69) is 21.5 Å². The summed E-state index contributed by atoms with van der Waals surface area (Å²) >= 11 is 0. The maximum atomic E-state index is 12.2. The highest BCUT2D eigenvalue weighted by Crippen LogP contribution is 2.26. The van der Waals surface area contributed by atoms with Crippen LogP contribution < -0.4 is 5.32 Å². The molecule has 4 rings (SSSR count). The van der Waals surface area contributed by atoms with Crippen LogP contribution in [0.25, 0.3) is 0 Å². The standard InChI is InChI=1S/C18H23N5O3/c24-18(15-9-19-4-5-20-15)21-10-16-17-14(3-8-26-16)12-23(22-17)11-13-1-6-25-7-2-13/h4-5,9,12-13,16H,1-3,6-8,10-11H2,(H,21,24). The Morgan fingerprint density at radius 2 is 2.15 bits per heavy atom. The van der Waals surface area contributed by atoms with Gasteiger partial charge in [-0.2, -0.15) is 5.10 Å². The molecule has 0 aliphatic carbocycles. The minimum Gasteiger partial charge on any atom is -0.381 e. The van der Waals surface area contributed by atoms with Gasteiger partial charge in [0.25, 0.3) is 5.91 Å². The summed E-state index contributed by atoms with van der Waals surface area (Å²) in [6.07, 6.45) is 9.42. The van der Waals surface area contributed by atoms with Crippen LogP contribution >= 0.6 is 0 Å². The van der Waals surface area contributed by atoms with Crippen LogP contribution in [0.3, 0.4) is 0 Å². The van der Waals surface area contributed by atoms with E-state index in [9.17, 15) is 4.79 Å². The van der Waals surface area contributed by atoms with Crippen molar-refractivity contribution in [3.8, 4) is 0 Å². The average Bonchev–Trinajstić information content (AvgIpc) is 3.10. The Bertz CT molecular complexity index is 743. The fraction of sp³-hybridized carbons (Fsp3) is 0.556. The highest BCUT2D eigenvalue weighted by Gasteiger charge is 2.26. The first-order chi connectivity index (χ1) is 12.8. The minimum atomic E-state index is -0.254. The molecule has 0 radical (unpaired) electrons. The molecule has 138 valence electrons. The predicted molar refractivity (Wildman–Crippen MR) is 92.5 cm³/mol. The number of aromatic nitrogens is 4. The maximum absolute atomic E-state index is 12.2. The highest BCUT2D eigenvalue weighted by molar-refractivity contribution is 5.91. The van der Waals surface area contributed by atoms with E-state index in [0.29, 0.717) is 24.8 Å². The lowest BCUT2D eigenvalue weighted by molar-refractivity contribution is 0.0378. The summed E-state index contributed by atoms with van der Waals surface area (Å²) < 4.78 is 13.3. The molecule has 0 bridgehead atoms. The first-order valence-corrected chi connectivity index (χ1v) is 9.09. The quantitative estimate of drug-likeness (QED) is 0.863. The van der Waals surface area contributed by atoms with Crippen LogP contribution in [0.2, 0.25) is 0 Å². The molecule has 1 fully saturated rings. The fourth-order valence-corrected chi connectivity index (χ4v) is 3.47. The Morgan fingerprint density at radius 3 is 2.96 bits per heavy atom. The van der Waals surface area contributed by atoms with E-state index in [0.717, 1.165) is 44.7 Å². The van der Waals surface area contributed by atoms with Gasteiger partial charge in [0.15, 0.2) is 0 Å². The second kappa shape index (κ2) is 7.92. The van der Waals surface area contributed by atoms with Crippen LogP contribution in [-0.4, -0.2) is 52.0 Å². The van der Waals surface area contributed by atoms with Crippen molar-refractivity contribution in [1.29, 1.82) is 0 Å². The Morgan fingerprint density at radius 1 is 1.27 bits per heavy atom. The van der Waals surface area contributed by atoms with Crippen molar-refractivity contribution >= 4 is 5.91 Å². The number of hydrogen-bond acceptors (Lipinski definition) is 6. The molecule has 2 aromatic heterocycles. The summed E-state index contributed by atoms with van der Waals surface area (Å²) in [6.45, 7) is 3.60. The van der Waals surface area contributed by atoms with Crippen molar-refractivity contribution in [2.24, 2.45) is 5.92 Å². The summed E-state index contributed by atoms with van der Waals surface area (Å²) in [7, 11) is 0. The second-order valence-corrected chi connectivity index (χ2v) is 6.73. The number of nitrogens with one attached hydrogen (secondary N) is 1. The van der Waals surface area contributed by atoms with Gasteiger partial charge in [-0.1, -0.05) is 0 Å². The van der Waals surface area contributed by atoms with Crippen molar-refractivity contribution in [3.05, 3.63) is 41.7 Å². The van der Waals surface area contributed by atoms with Crippen LogP contribution in [0.1, 0.15) is 40.7 Å². The van der Waals surface area contributed by atoms with Crippen LogP contribution in [0.4, 0.5) is 0 Å². The summed E-state index contributed by atoms with van der Waals surface area (Å²) in [5, 5.41) is 7.62. The minimum absolute atomic E-state index is 0.227. The van der Waals surface area contributed by atoms with Crippen molar-refractivity contribution in [2.45, 2.75) is 31.9 Å². The number of hydrogen-bond donors (Lipinski definition) is 1. The lowest BCUT2D eigenvalue weighted by atomic mass is 10.0. The molecule has 1 saturated heterocycles. The van der Waals surface area contributed by atoms with E-state index in [1.165, 1.54) is 18.0 Å². The van der Waals surface area contributed by atoms with Gasteiger partial charge in [0, 0.05) is 44.9 Å². The molecule has 8 nitrogen and oxygen atoms in total. The number of fused-ring (bicyclic) bond motifs is 1. The van der Waals surface area contributed by atoms with E-state index in [4.69, 9.17) is 14.6 Å². The molecule has 26 heavy (non-hydrogen) atoms. The molecule has 2 aliphatic heterocycles. The summed E-state index contributed by atoms with van der Waals surface area (Å²) in [6, 6.07) is 0. The Labute approximate surface area is 151 Å². The number of amides is 1. The molecule has 2 aliphatic rings. The zero-order valence-electron chi connectivity index (χ0n) is 14.6. The van der Waals surface area contributed by atoms with Gasteiger partial charge in [-0.15, -0.1) is 0 Å². The first kappa shape index (κ1) is 17.1. The molecule has 1 N–H and O–H groups in total. The third-order valence-corrected chi connectivity index (χ3v) is 4.90. The van der Waals surface area contributed by atoms with E-state index in [-0.39, 0.29) is 12.0 Å². The van der Waals surface area contributed by atoms with Crippen molar-refractivity contribution in [3.63, 3.8) is 0 Å². The van der Waals surface area contributed by atoms with Crippen LogP contribution in [0, 0.1) is 5.92 Å². The third kappa shape index (κ3) is 3.91. The Hall–Kier alpha value is -2.32. The monoisotopic (exact) mass is 357 g/mol. The molecule has 1 unspecified atom stereocenters. The largest absolute Gasteiger partial charge is 0.381 e. The molecular weight excluding hydrogens is 334 g/mol. The molecule has 0 saturated carbocycles. The molecule has 1 amide bonds. The predicted octanol–water partition coefficient (Wildman–Crippen LogP) is 1.14. The van der Waals surface area contributed by atoms with Gasteiger partial charge in [-0.3, -0.25) is 14.5 Å². The lowest BCUT2D eigenvalue weighted by Gasteiger charge is -2.22. The smallest absolute Gasteiger partial charge is 0.271 e. The number of nitrogens with zero attached hydrogens (tertiary/aromatic N) is 4. The van der Waals surface area contributed by atoms with E-state index < -0.39 is 0 Å². The van der Waals surface area contributed by atoms with Crippen molar-refractivity contribution < 1.29 is 14.3 Å². The van der Waals surface area contributed by atoms with Gasteiger partial charge >= 0.3 is 0 Å². The molecular formula is C18H23N5O3. The number of carbonyl (C=O) groups excluding carboxylic acids is 1. The Balaban J connectivity index is 1.39. The summed E-state index contributed by atoms with van der Waals surface area (Å²) in [5.74, 6) is 0.358. The molecule has 2 aromatic rings. The summed E-state index contributed by atoms with van der Waals surface area (Å²) in [4.78, 5) is 20.1. The zero-order chi connectivity index (χ0) is 17.8. The SMILES string of the molecule is O=C(NCC1OCCc2cn(CC3CCOCC3)nc21)c1cnccn1. The fourth-order valence-electron chi connectivity index (χ4n) is 3.47. The Kier molecular flexibility index (Phi) is 5.21. The zero-order valence-corrected chi connectivity index (χ0v) is 14.6. The van der Waals surface area contributed by atoms with E-state index in [1.54, 1.807) is 6.20 Å². The third-order valence-electron chi connectivity index (χ3n) is 4.90. The first-order valence-electron chi connectivity index (χ1n) is 9.09. The van der Waals surface area contributed by atoms with E-state index >= 15 is 0 Å². The second-order valence-electron chi connectivity index (χ2n) is 6.73. The number of carbonyl (C=O) groups is 1. The molecule has 0 aromatic carbocycles. The van der Waals surface area contributed by atoms with Crippen LogP contribution in [-0.2, 0) is 22.4 Å². The number of ether oxygens (including phenoxy) is 2. The van der Waals surface area contributed by atoms with Gasteiger partial charge in [0.05, 0.1) is 18.5 Å². The van der Waals surface area contributed by atoms with Gasteiger partial charge in [-0.25, -0.2) is 4.98 Å². The molecule has 8 heteroatoms. The van der Waals surface area contributed by atoms with E-state index in [1.807, 2.05) is 4.68 Å². The summed E-state index contributed by atoms with van der Waals surface area (Å²) in [5.41, 5.74) is 2.44. The molecule has 0 spiro atoms. The van der Waals surface area contributed by atoms with Crippen molar-refractivity contribution in [1.82, 2.24) is 25.1 Å². The average molecular weight is 357 g/mol. The maximum Gasteiger partial charge on any atom is 0.271 e. The van der Waals surface area contributed by atoms with Gasteiger partial charge in [0.2, 0.25) is 0 Å². The van der Waals surface area contributed by atoms with Gasteiger partial charge in [0.1, 0.15) is 11.8 Å². The van der Waals surface area contributed by atoms with Crippen molar-refractivity contribution in [2.75, 3.05) is 26.4 Å². The topological polar surface area (TPSA) is 91.2 Å². The molecule has 1 atom stereocenters. The normalized spacial score (nSPS) is 20.5. The number of rotatable bonds is 5. The lowest BCUT2D eigenvalue weighted by Crippen LogP contribution is -2.32. The van der Waals surface area contributed by atoms with Crippen LogP contribution in [0.5, 0.6) is 0 Å². The van der Waals surface area contributed by atoms with Gasteiger partial charge in [-0.05, 0) is 30.7 Å². The molecule has 4 heterocycles. The highest BCUT2D eigenvalue weighted by atomic mass is 16.5.